The van der Waals surface area contributed by atoms with E-state index in [2.05, 4.69) is 5.10 Å². The normalized spacial score (nSPS) is 10.6. The Bertz CT molecular complexity index is 866. The summed E-state index contributed by atoms with van der Waals surface area (Å²) >= 11 is 1.39. The number of hydrogen-bond acceptors (Lipinski definition) is 4. The molecule has 6 heteroatoms. The van der Waals surface area contributed by atoms with Gasteiger partial charge in [-0.15, -0.1) is 11.3 Å². The van der Waals surface area contributed by atoms with E-state index >= 15 is 0 Å². The average molecular weight is 353 g/mol. The minimum absolute atomic E-state index is 0.0315. The van der Waals surface area contributed by atoms with Gasteiger partial charge >= 0.3 is 0 Å². The number of nitrogens with zero attached hydrogens (tertiary/aromatic N) is 3. The molecular formula is C19H19N3O2S. The number of likely N-dealkylation sites (N-methyl/N-ethyl adjacent to an activating group) is 1. The highest BCUT2D eigenvalue weighted by Crippen LogP contribution is 2.17. The van der Waals surface area contributed by atoms with E-state index in [1.165, 1.54) is 18.3 Å². The van der Waals surface area contributed by atoms with Gasteiger partial charge in [0.1, 0.15) is 0 Å². The number of benzene rings is 1. The monoisotopic (exact) mass is 353 g/mol. The van der Waals surface area contributed by atoms with Crippen molar-refractivity contribution in [2.24, 2.45) is 0 Å². The van der Waals surface area contributed by atoms with E-state index < -0.39 is 0 Å². The fourth-order valence-electron chi connectivity index (χ4n) is 2.50. The van der Waals surface area contributed by atoms with Crippen molar-refractivity contribution in [2.45, 2.75) is 19.9 Å². The molecule has 3 rings (SSSR count). The number of amides is 1. The molecule has 5 nitrogen and oxygen atoms in total. The molecule has 0 saturated heterocycles. The Morgan fingerprint density at radius 2 is 1.96 bits per heavy atom. The molecule has 0 spiro atoms. The highest BCUT2D eigenvalue weighted by Gasteiger charge is 2.13. The van der Waals surface area contributed by atoms with Crippen LogP contribution in [0.2, 0.25) is 0 Å². The predicted octanol–water partition coefficient (Wildman–Crippen LogP) is 3.34. The Hall–Kier alpha value is -2.73. The molecule has 0 aliphatic rings. The quantitative estimate of drug-likeness (QED) is 0.639. The van der Waals surface area contributed by atoms with Crippen LogP contribution in [0.3, 0.4) is 0 Å². The fraction of sp³-hybridized carbons (Fsp3) is 0.211. The number of Topliss-reactive ketones (excluding diaryl/α,β-unsaturated/α-hetero) is 1. The van der Waals surface area contributed by atoms with E-state index in [1.54, 1.807) is 28.9 Å². The van der Waals surface area contributed by atoms with E-state index in [4.69, 9.17) is 0 Å². The Kier molecular flexibility index (Phi) is 5.09. The maximum Gasteiger partial charge on any atom is 0.227 e. The third kappa shape index (κ3) is 4.22. The van der Waals surface area contributed by atoms with Crippen molar-refractivity contribution in [3.8, 4) is 5.69 Å². The first-order valence-corrected chi connectivity index (χ1v) is 8.82. The molecule has 128 valence electrons. The van der Waals surface area contributed by atoms with Crippen molar-refractivity contribution in [1.82, 2.24) is 14.7 Å². The van der Waals surface area contributed by atoms with Crippen LogP contribution in [0.1, 0.15) is 27.7 Å². The molecule has 2 heterocycles. The third-order valence-corrected chi connectivity index (χ3v) is 4.99. The van der Waals surface area contributed by atoms with Crippen LogP contribution in [0.15, 0.2) is 54.2 Å². The van der Waals surface area contributed by atoms with Gasteiger partial charge in [-0.05, 0) is 47.7 Å². The third-order valence-electron chi connectivity index (χ3n) is 3.91. The Morgan fingerprint density at radius 1 is 1.20 bits per heavy atom. The SMILES string of the molecule is CC(=O)c1cc(CC(=O)N(C)Cc2ccc(-n3cccn3)cc2)cs1. The predicted molar refractivity (Wildman–Crippen MR) is 98.1 cm³/mol. The molecule has 1 amide bonds. The van der Waals surface area contributed by atoms with E-state index in [0.29, 0.717) is 17.8 Å². The lowest BCUT2D eigenvalue weighted by Crippen LogP contribution is -2.27. The van der Waals surface area contributed by atoms with Crippen LogP contribution in [-0.2, 0) is 17.8 Å². The minimum Gasteiger partial charge on any atom is -0.341 e. The van der Waals surface area contributed by atoms with Crippen molar-refractivity contribution in [3.63, 3.8) is 0 Å². The summed E-state index contributed by atoms with van der Waals surface area (Å²) in [6.07, 6.45) is 3.94. The summed E-state index contributed by atoms with van der Waals surface area (Å²) in [7, 11) is 1.79. The Balaban J connectivity index is 1.60. The highest BCUT2D eigenvalue weighted by molar-refractivity contribution is 7.12. The van der Waals surface area contributed by atoms with Gasteiger partial charge in [0.2, 0.25) is 5.91 Å². The number of hydrogen-bond donors (Lipinski definition) is 0. The van der Waals surface area contributed by atoms with Crippen molar-refractivity contribution in [3.05, 3.63) is 70.2 Å². The molecule has 0 aliphatic carbocycles. The molecule has 0 fully saturated rings. The first-order chi connectivity index (χ1) is 12.0. The van der Waals surface area contributed by atoms with E-state index in [1.807, 2.05) is 41.9 Å². The molecule has 0 aliphatic heterocycles. The summed E-state index contributed by atoms with van der Waals surface area (Å²) in [6.45, 7) is 2.08. The van der Waals surface area contributed by atoms with E-state index in [-0.39, 0.29) is 11.7 Å². The lowest BCUT2D eigenvalue weighted by Gasteiger charge is -2.17. The van der Waals surface area contributed by atoms with Gasteiger partial charge in [-0.25, -0.2) is 4.68 Å². The van der Waals surface area contributed by atoms with Crippen molar-refractivity contribution < 1.29 is 9.59 Å². The molecule has 3 aromatic rings. The summed E-state index contributed by atoms with van der Waals surface area (Å²) in [5, 5.41) is 6.07. The van der Waals surface area contributed by atoms with Gasteiger partial charge in [0.25, 0.3) is 0 Å². The number of carbonyl (C=O) groups is 2. The van der Waals surface area contributed by atoms with E-state index in [9.17, 15) is 9.59 Å². The maximum absolute atomic E-state index is 12.4. The van der Waals surface area contributed by atoms with Crippen molar-refractivity contribution >= 4 is 23.0 Å². The van der Waals surface area contributed by atoms with Gasteiger partial charge in [-0.3, -0.25) is 9.59 Å². The van der Waals surface area contributed by atoms with Gasteiger partial charge in [0.15, 0.2) is 5.78 Å². The lowest BCUT2D eigenvalue weighted by atomic mass is 10.1. The standard InChI is InChI=1S/C19H19N3O2S/c1-14(23)18-10-16(13-25-18)11-19(24)21(2)12-15-4-6-17(7-5-15)22-9-3-8-20-22/h3-10,13H,11-12H2,1-2H3. The molecule has 0 saturated carbocycles. The van der Waals surface area contributed by atoms with Crippen LogP contribution < -0.4 is 0 Å². The van der Waals surface area contributed by atoms with Crippen LogP contribution >= 0.6 is 11.3 Å². The van der Waals surface area contributed by atoms with Crippen LogP contribution in [0, 0.1) is 0 Å². The summed E-state index contributed by atoms with van der Waals surface area (Å²) in [5.41, 5.74) is 2.93. The fourth-order valence-corrected chi connectivity index (χ4v) is 3.32. The number of rotatable bonds is 6. The summed E-state index contributed by atoms with van der Waals surface area (Å²) in [5.74, 6) is 0.0679. The first-order valence-electron chi connectivity index (χ1n) is 7.94. The van der Waals surface area contributed by atoms with Crippen LogP contribution in [0.4, 0.5) is 0 Å². The first kappa shape index (κ1) is 17.1. The zero-order valence-electron chi connectivity index (χ0n) is 14.2. The van der Waals surface area contributed by atoms with Crippen LogP contribution in [0.5, 0.6) is 0 Å². The second-order valence-corrected chi connectivity index (χ2v) is 6.83. The van der Waals surface area contributed by atoms with Gasteiger partial charge < -0.3 is 4.90 Å². The zero-order valence-corrected chi connectivity index (χ0v) is 15.0. The van der Waals surface area contributed by atoms with Gasteiger partial charge in [0, 0.05) is 26.0 Å². The van der Waals surface area contributed by atoms with Crippen LogP contribution in [-0.4, -0.2) is 33.4 Å². The molecular weight excluding hydrogens is 334 g/mol. The number of carbonyl (C=O) groups excluding carboxylic acids is 2. The Morgan fingerprint density at radius 3 is 2.56 bits per heavy atom. The number of thiophene rings is 1. The number of aromatic nitrogens is 2. The van der Waals surface area contributed by atoms with Gasteiger partial charge in [-0.2, -0.15) is 5.10 Å². The average Bonchev–Trinajstić information content (AvgIpc) is 3.27. The summed E-state index contributed by atoms with van der Waals surface area (Å²) < 4.78 is 1.79. The molecule has 0 radical (unpaired) electrons. The van der Waals surface area contributed by atoms with Gasteiger partial charge in [0.05, 0.1) is 17.0 Å². The van der Waals surface area contributed by atoms with E-state index in [0.717, 1.165) is 16.8 Å². The molecule has 0 N–H and O–H groups in total. The summed E-state index contributed by atoms with van der Waals surface area (Å²) in [6, 6.07) is 11.6. The summed E-state index contributed by atoms with van der Waals surface area (Å²) in [4.78, 5) is 26.1. The van der Waals surface area contributed by atoms with Crippen LogP contribution in [0.25, 0.3) is 5.69 Å². The van der Waals surface area contributed by atoms with Gasteiger partial charge in [-0.1, -0.05) is 12.1 Å². The maximum atomic E-state index is 12.4. The molecule has 0 bridgehead atoms. The molecule has 0 atom stereocenters. The zero-order chi connectivity index (χ0) is 17.8. The molecule has 25 heavy (non-hydrogen) atoms. The number of ketones is 1. The highest BCUT2D eigenvalue weighted by atomic mass is 32.1. The Labute approximate surface area is 150 Å². The lowest BCUT2D eigenvalue weighted by molar-refractivity contribution is -0.129. The smallest absolute Gasteiger partial charge is 0.227 e. The second kappa shape index (κ2) is 7.44. The largest absolute Gasteiger partial charge is 0.341 e. The second-order valence-electron chi connectivity index (χ2n) is 5.92. The molecule has 1 aromatic carbocycles. The van der Waals surface area contributed by atoms with Crippen molar-refractivity contribution in [1.29, 1.82) is 0 Å². The molecule has 2 aromatic heterocycles. The van der Waals surface area contributed by atoms with Crippen molar-refractivity contribution in [2.75, 3.05) is 7.05 Å². The molecule has 0 unspecified atom stereocenters. The topological polar surface area (TPSA) is 55.2 Å². The minimum atomic E-state index is 0.0315.